The topological polar surface area (TPSA) is 69.7 Å². The molecular weight excluding hydrogens is 338 g/mol. The summed E-state index contributed by atoms with van der Waals surface area (Å²) in [6.45, 7) is 3.16. The largest absolute Gasteiger partial charge is 0.370 e. The van der Waals surface area contributed by atoms with E-state index in [9.17, 15) is 13.2 Å². The highest BCUT2D eigenvalue weighted by Gasteiger charge is 2.23. The number of nitrogens with zero attached hydrogens (tertiary/aromatic N) is 2. The fourth-order valence-electron chi connectivity index (χ4n) is 3.47. The molecule has 1 aromatic carbocycles. The van der Waals surface area contributed by atoms with E-state index < -0.39 is 9.84 Å². The highest BCUT2D eigenvalue weighted by atomic mass is 32.2. The van der Waals surface area contributed by atoms with Gasteiger partial charge in [0.05, 0.1) is 29.4 Å². The molecule has 0 radical (unpaired) electrons. The summed E-state index contributed by atoms with van der Waals surface area (Å²) in [6.07, 6.45) is 4.90. The summed E-state index contributed by atoms with van der Waals surface area (Å²) in [5, 5.41) is 3.02. The maximum absolute atomic E-state index is 12.4. The van der Waals surface area contributed by atoms with Crippen molar-refractivity contribution in [2.75, 3.05) is 54.4 Å². The van der Waals surface area contributed by atoms with E-state index in [2.05, 4.69) is 16.3 Å². The molecule has 0 saturated carbocycles. The number of nitrogens with one attached hydrogen (secondary N) is 1. The first kappa shape index (κ1) is 18.2. The molecule has 0 atom stereocenters. The Labute approximate surface area is 150 Å². The lowest BCUT2D eigenvalue weighted by Crippen LogP contribution is -2.44. The lowest BCUT2D eigenvalue weighted by Gasteiger charge is -2.27. The fraction of sp³-hybridized carbons (Fsp3) is 0.611. The maximum atomic E-state index is 12.4. The maximum Gasteiger partial charge on any atom is 0.238 e. The predicted molar refractivity (Wildman–Crippen MR) is 101 cm³/mol. The van der Waals surface area contributed by atoms with Gasteiger partial charge in [-0.1, -0.05) is 25.0 Å². The molecule has 1 N–H and O–H groups in total. The van der Waals surface area contributed by atoms with Gasteiger partial charge in [-0.15, -0.1) is 0 Å². The number of carbonyl (C=O) groups is 1. The second-order valence-electron chi connectivity index (χ2n) is 6.89. The van der Waals surface area contributed by atoms with Crippen LogP contribution >= 0.6 is 0 Å². The molecule has 0 aliphatic carbocycles. The molecule has 2 saturated heterocycles. The molecule has 0 spiro atoms. The van der Waals surface area contributed by atoms with E-state index >= 15 is 0 Å². The summed E-state index contributed by atoms with van der Waals surface area (Å²) in [5.74, 6) is 0.205. The molecule has 3 rings (SSSR count). The van der Waals surface area contributed by atoms with Crippen LogP contribution in [0.2, 0.25) is 0 Å². The Morgan fingerprint density at radius 2 is 1.60 bits per heavy atom. The van der Waals surface area contributed by atoms with Crippen molar-refractivity contribution in [3.05, 3.63) is 24.3 Å². The number of sulfone groups is 1. The van der Waals surface area contributed by atoms with E-state index in [0.29, 0.717) is 13.1 Å². The summed E-state index contributed by atoms with van der Waals surface area (Å²) in [4.78, 5) is 16.7. The van der Waals surface area contributed by atoms with Gasteiger partial charge in [0, 0.05) is 26.2 Å². The van der Waals surface area contributed by atoms with Gasteiger partial charge in [0.25, 0.3) is 0 Å². The number of hydrogen-bond donors (Lipinski definition) is 1. The van der Waals surface area contributed by atoms with Crippen LogP contribution in [0.5, 0.6) is 0 Å². The van der Waals surface area contributed by atoms with E-state index in [1.54, 1.807) is 0 Å². The average molecular weight is 365 g/mol. The van der Waals surface area contributed by atoms with Gasteiger partial charge in [-0.3, -0.25) is 9.69 Å². The molecule has 6 nitrogen and oxygen atoms in total. The van der Waals surface area contributed by atoms with Gasteiger partial charge >= 0.3 is 0 Å². The molecule has 0 aromatic heterocycles. The molecule has 1 amide bonds. The molecule has 138 valence electrons. The molecule has 2 heterocycles. The highest BCUT2D eigenvalue weighted by molar-refractivity contribution is 7.91. The molecular formula is C18H27N3O3S. The minimum Gasteiger partial charge on any atom is -0.370 e. The number of rotatable bonds is 4. The highest BCUT2D eigenvalue weighted by Crippen LogP contribution is 2.27. The Hall–Kier alpha value is -1.60. The number of amides is 1. The van der Waals surface area contributed by atoms with Crippen LogP contribution in [0, 0.1) is 0 Å². The molecule has 2 aliphatic rings. The minimum absolute atomic E-state index is 0.0819. The zero-order valence-electron chi connectivity index (χ0n) is 14.6. The van der Waals surface area contributed by atoms with Crippen LogP contribution in [-0.4, -0.2) is 63.5 Å². The van der Waals surface area contributed by atoms with Crippen LogP contribution in [0.15, 0.2) is 24.3 Å². The lowest BCUT2D eigenvalue weighted by molar-refractivity contribution is -0.117. The van der Waals surface area contributed by atoms with E-state index in [4.69, 9.17) is 0 Å². The van der Waals surface area contributed by atoms with Crippen LogP contribution < -0.4 is 10.2 Å². The van der Waals surface area contributed by atoms with Gasteiger partial charge in [-0.25, -0.2) is 8.42 Å². The van der Waals surface area contributed by atoms with Crippen LogP contribution in [0.25, 0.3) is 0 Å². The molecule has 1 aromatic rings. The summed E-state index contributed by atoms with van der Waals surface area (Å²) < 4.78 is 23.0. The molecule has 7 heteroatoms. The quantitative estimate of drug-likeness (QED) is 0.880. The standard InChI is InChI=1S/C18H27N3O3S/c22-18(15-20-11-13-25(23,24)14-12-20)19-16-7-3-4-8-17(16)21-9-5-1-2-6-10-21/h3-4,7-8H,1-2,5-6,9-15H2,(H,19,22). The van der Waals surface area contributed by atoms with E-state index in [1.165, 1.54) is 25.7 Å². The first-order valence-electron chi connectivity index (χ1n) is 9.10. The van der Waals surface area contributed by atoms with Crippen LogP contribution in [-0.2, 0) is 14.6 Å². The van der Waals surface area contributed by atoms with Crippen molar-refractivity contribution >= 4 is 27.1 Å². The molecule has 25 heavy (non-hydrogen) atoms. The average Bonchev–Trinajstić information content (AvgIpc) is 2.86. The van der Waals surface area contributed by atoms with Gasteiger partial charge in [-0.05, 0) is 25.0 Å². The predicted octanol–water partition coefficient (Wildman–Crippen LogP) is 1.74. The van der Waals surface area contributed by atoms with Gasteiger partial charge in [-0.2, -0.15) is 0 Å². The summed E-state index contributed by atoms with van der Waals surface area (Å²) in [5.41, 5.74) is 1.93. The Morgan fingerprint density at radius 3 is 2.28 bits per heavy atom. The van der Waals surface area contributed by atoms with Crippen LogP contribution in [0.4, 0.5) is 11.4 Å². The Balaban J connectivity index is 1.61. The molecule has 2 aliphatic heterocycles. The number of benzene rings is 1. The Kier molecular flexibility index (Phi) is 5.96. The smallest absolute Gasteiger partial charge is 0.238 e. The number of para-hydroxylation sites is 2. The molecule has 0 bridgehead atoms. The van der Waals surface area contributed by atoms with Crippen molar-refractivity contribution in [3.8, 4) is 0 Å². The van der Waals surface area contributed by atoms with Crippen molar-refractivity contribution in [1.82, 2.24) is 4.90 Å². The molecule has 0 unspecified atom stereocenters. The number of hydrogen-bond acceptors (Lipinski definition) is 5. The first-order chi connectivity index (χ1) is 12.0. The summed E-state index contributed by atoms with van der Waals surface area (Å²) in [6, 6.07) is 7.95. The van der Waals surface area contributed by atoms with Crippen molar-refractivity contribution in [3.63, 3.8) is 0 Å². The van der Waals surface area contributed by atoms with Gasteiger partial charge in [0.15, 0.2) is 9.84 Å². The summed E-state index contributed by atoms with van der Waals surface area (Å²) in [7, 11) is -2.92. The Morgan fingerprint density at radius 1 is 0.960 bits per heavy atom. The normalized spacial score (nSPS) is 21.5. The van der Waals surface area contributed by atoms with Crippen molar-refractivity contribution < 1.29 is 13.2 Å². The SMILES string of the molecule is O=C(CN1CCS(=O)(=O)CC1)Nc1ccccc1N1CCCCCC1. The van der Waals surface area contributed by atoms with Crippen LogP contribution in [0.1, 0.15) is 25.7 Å². The van der Waals surface area contributed by atoms with E-state index in [0.717, 1.165) is 24.5 Å². The minimum atomic E-state index is -2.92. The van der Waals surface area contributed by atoms with E-state index in [-0.39, 0.29) is 24.0 Å². The number of anilines is 2. The van der Waals surface area contributed by atoms with Crippen molar-refractivity contribution in [1.29, 1.82) is 0 Å². The summed E-state index contributed by atoms with van der Waals surface area (Å²) >= 11 is 0. The first-order valence-corrected chi connectivity index (χ1v) is 10.9. The van der Waals surface area contributed by atoms with Crippen molar-refractivity contribution in [2.24, 2.45) is 0 Å². The lowest BCUT2D eigenvalue weighted by atomic mass is 10.2. The third-order valence-corrected chi connectivity index (χ3v) is 6.54. The van der Waals surface area contributed by atoms with Gasteiger partial charge < -0.3 is 10.2 Å². The zero-order chi connectivity index (χ0) is 17.7. The zero-order valence-corrected chi connectivity index (χ0v) is 15.4. The second kappa shape index (κ2) is 8.19. The Bertz CT molecular complexity index is 683. The van der Waals surface area contributed by atoms with Crippen LogP contribution in [0.3, 0.4) is 0 Å². The third kappa shape index (κ3) is 5.19. The van der Waals surface area contributed by atoms with Gasteiger partial charge in [0.2, 0.25) is 5.91 Å². The fourth-order valence-corrected chi connectivity index (χ4v) is 4.74. The molecule has 2 fully saturated rings. The number of carbonyl (C=O) groups excluding carboxylic acids is 1. The van der Waals surface area contributed by atoms with Crippen molar-refractivity contribution in [2.45, 2.75) is 25.7 Å². The van der Waals surface area contributed by atoms with E-state index in [1.807, 2.05) is 23.1 Å². The second-order valence-corrected chi connectivity index (χ2v) is 9.20. The van der Waals surface area contributed by atoms with Gasteiger partial charge in [0.1, 0.15) is 0 Å². The third-order valence-electron chi connectivity index (χ3n) is 4.93. The monoisotopic (exact) mass is 365 g/mol.